The molecule has 1 heterocycles. The van der Waals surface area contributed by atoms with E-state index in [4.69, 9.17) is 17.0 Å². The van der Waals surface area contributed by atoms with Gasteiger partial charge in [0.2, 0.25) is 0 Å². The third-order valence-corrected chi connectivity index (χ3v) is 2.94. The van der Waals surface area contributed by atoms with Crippen LogP contribution in [0.3, 0.4) is 0 Å². The fourth-order valence-corrected chi connectivity index (χ4v) is 2.06. The lowest BCUT2D eigenvalue weighted by Crippen LogP contribution is -2.00. The molecule has 0 aliphatic carbocycles. The molecule has 0 radical (unpaired) electrons. The van der Waals surface area contributed by atoms with Crippen LogP contribution >= 0.6 is 12.2 Å². The first-order chi connectivity index (χ1) is 8.76. The van der Waals surface area contributed by atoms with Gasteiger partial charge in [-0.1, -0.05) is 6.92 Å². The highest BCUT2D eigenvalue weighted by Crippen LogP contribution is 2.21. The van der Waals surface area contributed by atoms with E-state index >= 15 is 0 Å². The van der Waals surface area contributed by atoms with Crippen molar-refractivity contribution in [3.8, 4) is 17.1 Å². The van der Waals surface area contributed by atoms with Gasteiger partial charge >= 0.3 is 0 Å². The minimum absolute atomic E-state index is 0.667. The standard InChI is InChI=1S/C13H17N3OS/c1-3-9-16-12(14-15-13(16)18)10-5-7-11(8-6-10)17-4-2/h5-8H,3-4,9H2,1-2H3,(H,15,18). The van der Waals surface area contributed by atoms with Crippen molar-refractivity contribution >= 4 is 12.2 Å². The van der Waals surface area contributed by atoms with Gasteiger partial charge in [-0.05, 0) is 49.8 Å². The third-order valence-electron chi connectivity index (χ3n) is 2.63. The Kier molecular flexibility index (Phi) is 4.15. The van der Waals surface area contributed by atoms with Crippen molar-refractivity contribution in [2.45, 2.75) is 26.8 Å². The Morgan fingerprint density at radius 3 is 2.61 bits per heavy atom. The largest absolute Gasteiger partial charge is 0.494 e. The number of rotatable bonds is 5. The number of H-pyrrole nitrogens is 1. The molecule has 0 atom stereocenters. The summed E-state index contributed by atoms with van der Waals surface area (Å²) in [6, 6.07) is 7.91. The molecular weight excluding hydrogens is 246 g/mol. The lowest BCUT2D eigenvalue weighted by molar-refractivity contribution is 0.340. The van der Waals surface area contributed by atoms with Crippen molar-refractivity contribution in [2.24, 2.45) is 0 Å². The molecule has 0 aliphatic rings. The molecule has 1 aromatic heterocycles. The van der Waals surface area contributed by atoms with E-state index in [1.54, 1.807) is 0 Å². The summed E-state index contributed by atoms with van der Waals surface area (Å²) in [5.74, 6) is 1.75. The predicted octanol–water partition coefficient (Wildman–Crippen LogP) is 3.42. The van der Waals surface area contributed by atoms with Gasteiger partial charge in [0.15, 0.2) is 10.6 Å². The summed E-state index contributed by atoms with van der Waals surface area (Å²) < 4.78 is 8.11. The van der Waals surface area contributed by atoms with E-state index in [-0.39, 0.29) is 0 Å². The Morgan fingerprint density at radius 1 is 1.28 bits per heavy atom. The molecule has 0 saturated heterocycles. The second-order valence-corrected chi connectivity index (χ2v) is 4.35. The molecule has 0 saturated carbocycles. The van der Waals surface area contributed by atoms with Crippen molar-refractivity contribution < 1.29 is 4.74 Å². The zero-order valence-electron chi connectivity index (χ0n) is 10.6. The van der Waals surface area contributed by atoms with Crippen LogP contribution < -0.4 is 4.74 Å². The van der Waals surface area contributed by atoms with Gasteiger partial charge < -0.3 is 9.30 Å². The van der Waals surface area contributed by atoms with Gasteiger partial charge in [-0.15, -0.1) is 0 Å². The third kappa shape index (κ3) is 2.61. The molecule has 0 spiro atoms. The SMILES string of the molecule is CCCn1c(-c2ccc(OCC)cc2)n[nH]c1=S. The molecule has 2 aromatic rings. The number of hydrogen-bond acceptors (Lipinski definition) is 3. The molecular formula is C13H17N3OS. The van der Waals surface area contributed by atoms with Gasteiger partial charge in [0.1, 0.15) is 5.75 Å². The van der Waals surface area contributed by atoms with Crippen LogP contribution in [0.5, 0.6) is 5.75 Å². The minimum atomic E-state index is 0.667. The Hall–Kier alpha value is -1.62. The summed E-state index contributed by atoms with van der Waals surface area (Å²) in [7, 11) is 0. The second-order valence-electron chi connectivity index (χ2n) is 3.96. The fraction of sp³-hybridized carbons (Fsp3) is 0.385. The van der Waals surface area contributed by atoms with E-state index in [1.165, 1.54) is 0 Å². The number of nitrogens with zero attached hydrogens (tertiary/aromatic N) is 2. The van der Waals surface area contributed by atoms with E-state index in [1.807, 2.05) is 35.8 Å². The molecule has 1 aromatic carbocycles. The number of aromatic nitrogens is 3. The van der Waals surface area contributed by atoms with Crippen molar-refractivity contribution in [1.82, 2.24) is 14.8 Å². The van der Waals surface area contributed by atoms with Gasteiger partial charge in [0.05, 0.1) is 6.61 Å². The second kappa shape index (κ2) is 5.82. The van der Waals surface area contributed by atoms with Gasteiger partial charge in [-0.3, -0.25) is 5.10 Å². The quantitative estimate of drug-likeness (QED) is 0.841. The zero-order valence-corrected chi connectivity index (χ0v) is 11.5. The molecule has 0 unspecified atom stereocenters. The van der Waals surface area contributed by atoms with Crippen LogP contribution in [0, 0.1) is 4.77 Å². The van der Waals surface area contributed by atoms with E-state index in [0.29, 0.717) is 11.4 Å². The first-order valence-electron chi connectivity index (χ1n) is 6.14. The molecule has 1 N–H and O–H groups in total. The van der Waals surface area contributed by atoms with Crippen molar-refractivity contribution in [2.75, 3.05) is 6.61 Å². The van der Waals surface area contributed by atoms with E-state index < -0.39 is 0 Å². The maximum Gasteiger partial charge on any atom is 0.195 e. The maximum absolute atomic E-state index is 5.42. The first kappa shape index (κ1) is 12.8. The first-order valence-corrected chi connectivity index (χ1v) is 6.55. The highest BCUT2D eigenvalue weighted by Gasteiger charge is 2.07. The summed E-state index contributed by atoms with van der Waals surface area (Å²) in [6.45, 7) is 5.64. The highest BCUT2D eigenvalue weighted by atomic mass is 32.1. The molecule has 0 amide bonds. The molecule has 0 aliphatic heterocycles. The fourth-order valence-electron chi connectivity index (χ4n) is 1.84. The Morgan fingerprint density at radius 2 is 2.00 bits per heavy atom. The van der Waals surface area contributed by atoms with Gasteiger partial charge in [-0.25, -0.2) is 0 Å². The molecule has 0 fully saturated rings. The van der Waals surface area contributed by atoms with Gasteiger partial charge in [0.25, 0.3) is 0 Å². The van der Waals surface area contributed by atoms with E-state index in [2.05, 4.69) is 17.1 Å². The average molecular weight is 263 g/mol. The lowest BCUT2D eigenvalue weighted by atomic mass is 10.2. The molecule has 4 nitrogen and oxygen atoms in total. The normalized spacial score (nSPS) is 10.6. The van der Waals surface area contributed by atoms with Crippen LogP contribution in [0.15, 0.2) is 24.3 Å². The summed E-state index contributed by atoms with van der Waals surface area (Å²) >= 11 is 5.23. The number of ether oxygens (including phenoxy) is 1. The lowest BCUT2D eigenvalue weighted by Gasteiger charge is -2.06. The van der Waals surface area contributed by atoms with Crippen LogP contribution in [0.25, 0.3) is 11.4 Å². The van der Waals surface area contributed by atoms with Crippen molar-refractivity contribution in [1.29, 1.82) is 0 Å². The summed E-state index contributed by atoms with van der Waals surface area (Å²) in [6.07, 6.45) is 1.03. The predicted molar refractivity (Wildman–Crippen MR) is 74.3 cm³/mol. The Balaban J connectivity index is 2.33. The smallest absolute Gasteiger partial charge is 0.195 e. The summed E-state index contributed by atoms with van der Waals surface area (Å²) in [5.41, 5.74) is 1.04. The van der Waals surface area contributed by atoms with Gasteiger partial charge in [0, 0.05) is 12.1 Å². The van der Waals surface area contributed by atoms with Crippen LogP contribution in [0.2, 0.25) is 0 Å². The Labute approximate surface area is 112 Å². The van der Waals surface area contributed by atoms with Crippen LogP contribution in [0.4, 0.5) is 0 Å². The molecule has 18 heavy (non-hydrogen) atoms. The highest BCUT2D eigenvalue weighted by molar-refractivity contribution is 7.71. The molecule has 5 heteroatoms. The van der Waals surface area contributed by atoms with Crippen LogP contribution in [-0.4, -0.2) is 21.4 Å². The van der Waals surface area contributed by atoms with Crippen molar-refractivity contribution in [3.05, 3.63) is 29.0 Å². The zero-order chi connectivity index (χ0) is 13.0. The number of nitrogens with one attached hydrogen (secondary N) is 1. The summed E-state index contributed by atoms with van der Waals surface area (Å²) in [4.78, 5) is 0. The van der Waals surface area contributed by atoms with Crippen molar-refractivity contribution in [3.63, 3.8) is 0 Å². The average Bonchev–Trinajstić information content (AvgIpc) is 2.73. The maximum atomic E-state index is 5.42. The number of hydrogen-bond donors (Lipinski definition) is 1. The molecule has 0 bridgehead atoms. The number of aromatic amines is 1. The topological polar surface area (TPSA) is 42.8 Å². The minimum Gasteiger partial charge on any atom is -0.494 e. The van der Waals surface area contributed by atoms with Crippen LogP contribution in [0.1, 0.15) is 20.3 Å². The van der Waals surface area contributed by atoms with Gasteiger partial charge in [-0.2, -0.15) is 5.10 Å². The van der Waals surface area contributed by atoms with Crippen LogP contribution in [-0.2, 0) is 6.54 Å². The molecule has 2 rings (SSSR count). The van der Waals surface area contributed by atoms with E-state index in [9.17, 15) is 0 Å². The Bertz CT molecular complexity index is 556. The summed E-state index contributed by atoms with van der Waals surface area (Å²) in [5, 5.41) is 7.13. The monoisotopic (exact) mass is 263 g/mol. The van der Waals surface area contributed by atoms with E-state index in [0.717, 1.165) is 30.1 Å². The number of benzene rings is 1. The molecule has 96 valence electrons.